The Morgan fingerprint density at radius 3 is 2.35 bits per heavy atom. The zero-order chi connectivity index (χ0) is 16.1. The summed E-state index contributed by atoms with van der Waals surface area (Å²) in [6.45, 7) is 3.66. The fourth-order valence-corrected chi connectivity index (χ4v) is 3.57. The molecule has 0 radical (unpaired) electrons. The van der Waals surface area contributed by atoms with E-state index in [1.807, 2.05) is 12.1 Å². The zero-order valence-corrected chi connectivity index (χ0v) is 13.6. The Labute approximate surface area is 137 Å². The van der Waals surface area contributed by atoms with Gasteiger partial charge in [-0.05, 0) is 37.8 Å². The van der Waals surface area contributed by atoms with Gasteiger partial charge in [0.1, 0.15) is 11.8 Å². The Bertz CT molecular complexity index is 562. The van der Waals surface area contributed by atoms with Crippen LogP contribution in [0, 0.1) is 17.2 Å². The number of rotatable bonds is 2. The van der Waals surface area contributed by atoms with Gasteiger partial charge in [-0.2, -0.15) is 5.26 Å². The molecule has 3 heterocycles. The van der Waals surface area contributed by atoms with Gasteiger partial charge in [0.25, 0.3) is 0 Å². The number of hydrogen-bond donors (Lipinski definition) is 0. The minimum Gasteiger partial charge on any atom is -0.370 e. The predicted octanol–water partition coefficient (Wildman–Crippen LogP) is 2.57. The number of piperidine rings is 1. The van der Waals surface area contributed by atoms with Crippen LogP contribution in [0.4, 0.5) is 5.69 Å². The van der Waals surface area contributed by atoms with Crippen LogP contribution in [0.5, 0.6) is 0 Å². The number of nitriles is 1. The van der Waals surface area contributed by atoms with E-state index in [0.717, 1.165) is 57.5 Å². The molecule has 1 amide bonds. The summed E-state index contributed by atoms with van der Waals surface area (Å²) < 4.78 is 0. The van der Waals surface area contributed by atoms with E-state index in [0.29, 0.717) is 11.6 Å². The van der Waals surface area contributed by atoms with Gasteiger partial charge in [0.15, 0.2) is 0 Å². The molecule has 2 saturated heterocycles. The van der Waals surface area contributed by atoms with Crippen LogP contribution in [-0.2, 0) is 4.79 Å². The number of nitrogens with zero attached hydrogens (tertiary/aromatic N) is 4. The highest BCUT2D eigenvalue weighted by atomic mass is 16.2. The van der Waals surface area contributed by atoms with Crippen molar-refractivity contribution in [2.75, 3.05) is 31.1 Å². The van der Waals surface area contributed by atoms with Crippen molar-refractivity contribution in [3.8, 4) is 6.07 Å². The summed E-state index contributed by atoms with van der Waals surface area (Å²) in [6.07, 6.45) is 8.41. The minimum atomic E-state index is 0.177. The summed E-state index contributed by atoms with van der Waals surface area (Å²) in [6, 6.07) is 5.74. The Kier molecular flexibility index (Phi) is 5.12. The molecule has 1 aromatic rings. The highest BCUT2D eigenvalue weighted by Gasteiger charge is 2.28. The number of likely N-dealkylation sites (tertiary alicyclic amines) is 1. The first kappa shape index (κ1) is 15.8. The van der Waals surface area contributed by atoms with Crippen LogP contribution in [0.1, 0.15) is 44.2 Å². The lowest BCUT2D eigenvalue weighted by Crippen LogP contribution is -2.43. The van der Waals surface area contributed by atoms with Crippen LogP contribution >= 0.6 is 0 Å². The topological polar surface area (TPSA) is 60.2 Å². The summed E-state index contributed by atoms with van der Waals surface area (Å²) >= 11 is 0. The number of pyridine rings is 1. The third-order valence-corrected chi connectivity index (χ3v) is 4.99. The first-order valence-electron chi connectivity index (χ1n) is 8.68. The molecule has 0 aliphatic carbocycles. The van der Waals surface area contributed by atoms with Crippen molar-refractivity contribution in [3.05, 3.63) is 24.0 Å². The van der Waals surface area contributed by atoms with Gasteiger partial charge in [0.05, 0.1) is 11.9 Å². The number of carbonyl (C=O) groups excluding carboxylic acids is 1. The van der Waals surface area contributed by atoms with E-state index in [2.05, 4.69) is 14.8 Å². The standard InChI is InChI=1S/C18H24N4O/c19-13-16-5-6-17(14-20-16)21-11-7-15(8-12-21)18(23)22-9-3-1-2-4-10-22/h5-6,14-15H,1-4,7-12H2. The molecule has 0 saturated carbocycles. The normalized spacial score (nSPS) is 20.0. The number of amides is 1. The Morgan fingerprint density at radius 2 is 1.78 bits per heavy atom. The van der Waals surface area contributed by atoms with Crippen molar-refractivity contribution in [3.63, 3.8) is 0 Å². The maximum atomic E-state index is 12.7. The van der Waals surface area contributed by atoms with Gasteiger partial charge in [-0.3, -0.25) is 4.79 Å². The molecule has 1 aromatic heterocycles. The summed E-state index contributed by atoms with van der Waals surface area (Å²) in [7, 11) is 0. The van der Waals surface area contributed by atoms with E-state index in [-0.39, 0.29) is 5.92 Å². The van der Waals surface area contributed by atoms with Crippen LogP contribution < -0.4 is 4.90 Å². The molecule has 2 aliphatic rings. The highest BCUT2D eigenvalue weighted by molar-refractivity contribution is 5.79. The average molecular weight is 312 g/mol. The molecule has 0 bridgehead atoms. The second kappa shape index (κ2) is 7.45. The Morgan fingerprint density at radius 1 is 1.09 bits per heavy atom. The zero-order valence-electron chi connectivity index (χ0n) is 13.6. The van der Waals surface area contributed by atoms with Gasteiger partial charge in [-0.15, -0.1) is 0 Å². The lowest BCUT2D eigenvalue weighted by Gasteiger charge is -2.35. The molecule has 0 unspecified atom stereocenters. The van der Waals surface area contributed by atoms with E-state index < -0.39 is 0 Å². The van der Waals surface area contributed by atoms with Crippen molar-refractivity contribution in [1.29, 1.82) is 5.26 Å². The first-order valence-corrected chi connectivity index (χ1v) is 8.68. The number of aromatic nitrogens is 1. The Hall–Kier alpha value is -2.09. The molecule has 0 N–H and O–H groups in total. The summed E-state index contributed by atoms with van der Waals surface area (Å²) in [5, 5.41) is 8.81. The summed E-state index contributed by atoms with van der Waals surface area (Å²) in [5.41, 5.74) is 1.49. The van der Waals surface area contributed by atoms with E-state index in [9.17, 15) is 4.79 Å². The molecular weight excluding hydrogens is 288 g/mol. The lowest BCUT2D eigenvalue weighted by atomic mass is 9.95. The molecule has 3 rings (SSSR count). The molecule has 0 spiro atoms. The van der Waals surface area contributed by atoms with E-state index in [1.165, 1.54) is 12.8 Å². The van der Waals surface area contributed by atoms with Crippen molar-refractivity contribution in [2.24, 2.45) is 5.92 Å². The number of carbonyl (C=O) groups is 1. The fourth-order valence-electron chi connectivity index (χ4n) is 3.57. The first-order chi connectivity index (χ1) is 11.3. The number of hydrogen-bond acceptors (Lipinski definition) is 4. The SMILES string of the molecule is N#Cc1ccc(N2CCC(C(=O)N3CCCCCC3)CC2)cn1. The van der Waals surface area contributed by atoms with Crippen molar-refractivity contribution in [2.45, 2.75) is 38.5 Å². The lowest BCUT2D eigenvalue weighted by molar-refractivity contribution is -0.136. The van der Waals surface area contributed by atoms with Crippen LogP contribution in [0.15, 0.2) is 18.3 Å². The average Bonchev–Trinajstić information content (AvgIpc) is 2.91. The maximum Gasteiger partial charge on any atom is 0.225 e. The summed E-state index contributed by atoms with van der Waals surface area (Å²) in [5.74, 6) is 0.542. The summed E-state index contributed by atoms with van der Waals surface area (Å²) in [4.78, 5) is 21.2. The highest BCUT2D eigenvalue weighted by Crippen LogP contribution is 2.25. The minimum absolute atomic E-state index is 0.177. The monoisotopic (exact) mass is 312 g/mol. The molecule has 2 fully saturated rings. The second-order valence-corrected chi connectivity index (χ2v) is 6.51. The third-order valence-electron chi connectivity index (χ3n) is 4.99. The van der Waals surface area contributed by atoms with E-state index in [4.69, 9.17) is 5.26 Å². The van der Waals surface area contributed by atoms with E-state index >= 15 is 0 Å². The van der Waals surface area contributed by atoms with Crippen molar-refractivity contribution >= 4 is 11.6 Å². The maximum absolute atomic E-state index is 12.7. The molecule has 0 atom stereocenters. The van der Waals surface area contributed by atoms with Crippen molar-refractivity contribution in [1.82, 2.24) is 9.88 Å². The molecule has 23 heavy (non-hydrogen) atoms. The third kappa shape index (κ3) is 3.82. The van der Waals surface area contributed by atoms with Gasteiger partial charge in [-0.25, -0.2) is 4.98 Å². The molecule has 2 aliphatic heterocycles. The predicted molar refractivity (Wildman–Crippen MR) is 88.9 cm³/mol. The van der Waals surface area contributed by atoms with E-state index in [1.54, 1.807) is 12.3 Å². The quantitative estimate of drug-likeness (QED) is 0.842. The molecule has 5 nitrogen and oxygen atoms in total. The molecule has 0 aromatic carbocycles. The van der Waals surface area contributed by atoms with Crippen molar-refractivity contribution < 1.29 is 4.79 Å². The van der Waals surface area contributed by atoms with Gasteiger partial charge < -0.3 is 9.80 Å². The van der Waals surface area contributed by atoms with Crippen LogP contribution in [0.2, 0.25) is 0 Å². The van der Waals surface area contributed by atoms with Crippen LogP contribution in [-0.4, -0.2) is 42.0 Å². The molecular formula is C18H24N4O. The Balaban J connectivity index is 1.55. The second-order valence-electron chi connectivity index (χ2n) is 6.51. The van der Waals surface area contributed by atoms with Crippen LogP contribution in [0.25, 0.3) is 0 Å². The molecule has 122 valence electrons. The smallest absolute Gasteiger partial charge is 0.225 e. The fraction of sp³-hybridized carbons (Fsp3) is 0.611. The van der Waals surface area contributed by atoms with Gasteiger partial charge in [0.2, 0.25) is 5.91 Å². The van der Waals surface area contributed by atoms with Gasteiger partial charge in [0, 0.05) is 32.1 Å². The van der Waals surface area contributed by atoms with Gasteiger partial charge in [-0.1, -0.05) is 12.8 Å². The largest absolute Gasteiger partial charge is 0.370 e. The number of anilines is 1. The van der Waals surface area contributed by atoms with Gasteiger partial charge >= 0.3 is 0 Å². The van der Waals surface area contributed by atoms with Crippen LogP contribution in [0.3, 0.4) is 0 Å². The molecule has 5 heteroatoms.